The molecule has 1 N–H and O–H groups in total. The van der Waals surface area contributed by atoms with Crippen molar-refractivity contribution in [3.05, 3.63) is 12.2 Å². The van der Waals surface area contributed by atoms with Gasteiger partial charge in [-0.25, -0.2) is 0 Å². The summed E-state index contributed by atoms with van der Waals surface area (Å²) in [5.74, 6) is 2.64. The number of carbonyl (C=O) groups excluding carboxylic acids is 1. The molecule has 0 bridgehead atoms. The van der Waals surface area contributed by atoms with E-state index in [1.165, 1.54) is 140 Å². The zero-order chi connectivity index (χ0) is 38.5. The van der Waals surface area contributed by atoms with E-state index >= 15 is 0 Å². The zero-order valence-electron chi connectivity index (χ0n) is 36.7. The molecule has 0 saturated heterocycles. The molecule has 0 spiro atoms. The number of rotatable bonds is 20. The van der Waals surface area contributed by atoms with Crippen LogP contribution in [0, 0.1) is 50.7 Å². The Hall–Kier alpha value is -0.830. The largest absolute Gasteiger partial charge is 0.462 e. The lowest BCUT2D eigenvalue weighted by atomic mass is 9.31. The van der Waals surface area contributed by atoms with E-state index in [1.54, 1.807) is 0 Å². The Morgan fingerprint density at radius 3 is 1.70 bits per heavy atom. The van der Waals surface area contributed by atoms with Gasteiger partial charge in [0, 0.05) is 17.3 Å². The minimum atomic E-state index is -0.832. The maximum Gasteiger partial charge on any atom is 0.306 e. The van der Waals surface area contributed by atoms with Crippen LogP contribution in [0.2, 0.25) is 0 Å². The molecule has 0 aromatic heterocycles. The summed E-state index contributed by atoms with van der Waals surface area (Å²) in [7, 11) is 0. The molecular formula is C50H88O3. The molecule has 3 heteroatoms. The Labute approximate surface area is 329 Å². The summed E-state index contributed by atoms with van der Waals surface area (Å²) in [4.78, 5) is 13.3. The summed E-state index contributed by atoms with van der Waals surface area (Å²) in [6.45, 7) is 24.0. The Kier molecular flexibility index (Phi) is 14.5. The minimum absolute atomic E-state index is 0.0428. The van der Waals surface area contributed by atoms with Gasteiger partial charge in [-0.05, 0) is 117 Å². The first kappa shape index (κ1) is 43.3. The van der Waals surface area contributed by atoms with E-state index in [-0.39, 0.29) is 22.9 Å². The first-order valence-electron chi connectivity index (χ1n) is 23.7. The van der Waals surface area contributed by atoms with Gasteiger partial charge in [0.15, 0.2) is 0 Å². The summed E-state index contributed by atoms with van der Waals surface area (Å²) >= 11 is 0. The lowest BCUT2D eigenvalue weighted by Crippen LogP contribution is -2.74. The monoisotopic (exact) mass is 737 g/mol. The second-order valence-electron chi connectivity index (χ2n) is 21.7. The van der Waals surface area contributed by atoms with Gasteiger partial charge in [-0.15, -0.1) is 0 Å². The van der Waals surface area contributed by atoms with Crippen molar-refractivity contribution in [1.29, 1.82) is 0 Å². The van der Waals surface area contributed by atoms with Crippen LogP contribution in [-0.4, -0.2) is 22.8 Å². The first-order chi connectivity index (χ1) is 25.1. The number of aliphatic hydroxyl groups is 1. The third kappa shape index (κ3) is 8.29. The van der Waals surface area contributed by atoms with Crippen molar-refractivity contribution in [1.82, 2.24) is 0 Å². The van der Waals surface area contributed by atoms with Gasteiger partial charge >= 0.3 is 5.97 Å². The van der Waals surface area contributed by atoms with Crippen LogP contribution in [0.15, 0.2) is 12.2 Å². The molecule has 10 atom stereocenters. The lowest BCUT2D eigenvalue weighted by molar-refractivity contribution is -0.312. The van der Waals surface area contributed by atoms with Crippen molar-refractivity contribution < 1.29 is 14.6 Å². The maximum atomic E-state index is 13.3. The molecule has 0 aromatic carbocycles. The quantitative estimate of drug-likeness (QED) is 0.0769. The van der Waals surface area contributed by atoms with E-state index in [0.717, 1.165) is 50.4 Å². The Morgan fingerprint density at radius 1 is 0.623 bits per heavy atom. The van der Waals surface area contributed by atoms with Crippen molar-refractivity contribution in [2.24, 2.45) is 50.7 Å². The predicted octanol–water partition coefficient (Wildman–Crippen LogP) is 14.7. The van der Waals surface area contributed by atoms with Crippen LogP contribution < -0.4 is 0 Å². The Bertz CT molecular complexity index is 1200. The number of esters is 1. The molecule has 5 saturated carbocycles. The Morgan fingerprint density at radius 2 is 1.15 bits per heavy atom. The molecule has 0 heterocycles. The molecule has 3 nitrogen and oxygen atoms in total. The van der Waals surface area contributed by atoms with Crippen LogP contribution >= 0.6 is 0 Å². The van der Waals surface area contributed by atoms with Crippen molar-refractivity contribution in [3.8, 4) is 0 Å². The highest BCUT2D eigenvalue weighted by Gasteiger charge is 2.74. The minimum Gasteiger partial charge on any atom is -0.462 e. The van der Waals surface area contributed by atoms with Crippen LogP contribution in [0.3, 0.4) is 0 Å². The normalized spacial score (nSPS) is 40.1. The smallest absolute Gasteiger partial charge is 0.306 e. The van der Waals surface area contributed by atoms with Gasteiger partial charge in [-0.2, -0.15) is 0 Å². The van der Waals surface area contributed by atoms with E-state index in [0.29, 0.717) is 29.1 Å². The second kappa shape index (κ2) is 17.8. The second-order valence-corrected chi connectivity index (χ2v) is 21.7. The predicted molar refractivity (Wildman–Crippen MR) is 225 cm³/mol. The SMILES string of the molecule is C=C(C)C1CCC2(C)CCC3(C)C(CCC4C3(C)CCC3(O)C(C)(C)C(OC(=O)CCCCCCCCCCCCCCCCCCC)CCC43C)C12. The summed E-state index contributed by atoms with van der Waals surface area (Å²) in [6.07, 6.45) is 34.8. The van der Waals surface area contributed by atoms with Crippen LogP contribution in [0.1, 0.15) is 235 Å². The third-order valence-corrected chi connectivity index (χ3v) is 18.5. The van der Waals surface area contributed by atoms with Crippen molar-refractivity contribution in [2.45, 2.75) is 247 Å². The number of carbonyl (C=O) groups is 1. The van der Waals surface area contributed by atoms with Crippen molar-refractivity contribution in [2.75, 3.05) is 0 Å². The van der Waals surface area contributed by atoms with Crippen LogP contribution in [0.4, 0.5) is 0 Å². The third-order valence-electron chi connectivity index (χ3n) is 18.5. The average molecular weight is 737 g/mol. The van der Waals surface area contributed by atoms with Gasteiger partial charge < -0.3 is 9.84 Å². The molecule has 0 aromatic rings. The van der Waals surface area contributed by atoms with E-state index < -0.39 is 11.0 Å². The summed E-state index contributed by atoms with van der Waals surface area (Å²) in [6, 6.07) is 0. The summed E-state index contributed by atoms with van der Waals surface area (Å²) in [5, 5.41) is 13.0. The summed E-state index contributed by atoms with van der Waals surface area (Å²) < 4.78 is 6.35. The average Bonchev–Trinajstić information content (AvgIpc) is 3.47. The molecular weight excluding hydrogens is 649 g/mol. The number of ether oxygens (including phenoxy) is 1. The van der Waals surface area contributed by atoms with Gasteiger partial charge in [-0.1, -0.05) is 163 Å². The fraction of sp³-hybridized carbons (Fsp3) is 0.940. The molecule has 5 aliphatic rings. The van der Waals surface area contributed by atoms with E-state index in [9.17, 15) is 9.90 Å². The molecule has 5 rings (SSSR count). The van der Waals surface area contributed by atoms with E-state index in [1.807, 2.05) is 0 Å². The number of fused-ring (bicyclic) bond motifs is 7. The molecule has 0 amide bonds. The fourth-order valence-corrected chi connectivity index (χ4v) is 14.7. The standard InChI is InChI=1S/C50H88O3/c1-10-11-12-13-14-15-16-17-18-19-20-21-22-23-24-25-26-27-43(51)53-42-31-33-49(9)41-29-28-40-44-39(38(2)3)30-32-46(44,6)34-35-47(40,7)48(41,8)36-37-50(49,52)45(42,4)5/h39-42,44,52H,2,10-37H2,1,3-9H3. The molecule has 5 aliphatic carbocycles. The number of unbranched alkanes of at least 4 members (excludes halogenated alkanes) is 16. The van der Waals surface area contributed by atoms with Gasteiger partial charge in [0.1, 0.15) is 6.10 Å². The maximum absolute atomic E-state index is 13.3. The van der Waals surface area contributed by atoms with Crippen LogP contribution in [0.25, 0.3) is 0 Å². The molecule has 306 valence electrons. The van der Waals surface area contributed by atoms with E-state index in [4.69, 9.17) is 4.74 Å². The topological polar surface area (TPSA) is 46.5 Å². The fourth-order valence-electron chi connectivity index (χ4n) is 14.7. The molecule has 0 aliphatic heterocycles. The van der Waals surface area contributed by atoms with E-state index in [2.05, 4.69) is 62.0 Å². The molecule has 10 unspecified atom stereocenters. The van der Waals surface area contributed by atoms with Crippen LogP contribution in [-0.2, 0) is 9.53 Å². The highest BCUT2D eigenvalue weighted by atomic mass is 16.5. The number of hydrogen-bond acceptors (Lipinski definition) is 3. The lowest BCUT2D eigenvalue weighted by Gasteiger charge is -2.74. The van der Waals surface area contributed by atoms with Crippen LogP contribution in [0.5, 0.6) is 0 Å². The first-order valence-corrected chi connectivity index (χ1v) is 23.7. The van der Waals surface area contributed by atoms with Crippen molar-refractivity contribution in [3.63, 3.8) is 0 Å². The summed E-state index contributed by atoms with van der Waals surface area (Å²) in [5.41, 5.74) is 0.922. The van der Waals surface area contributed by atoms with Gasteiger partial charge in [0.2, 0.25) is 0 Å². The molecule has 0 radical (unpaired) electrons. The molecule has 53 heavy (non-hydrogen) atoms. The van der Waals surface area contributed by atoms with Gasteiger partial charge in [-0.3, -0.25) is 4.79 Å². The van der Waals surface area contributed by atoms with Crippen molar-refractivity contribution >= 4 is 5.97 Å². The van der Waals surface area contributed by atoms with Gasteiger partial charge in [0.05, 0.1) is 5.60 Å². The Balaban J connectivity index is 1.05. The number of hydrogen-bond donors (Lipinski definition) is 1. The van der Waals surface area contributed by atoms with Gasteiger partial charge in [0.25, 0.3) is 0 Å². The highest BCUT2D eigenvalue weighted by Crippen LogP contribution is 2.78. The molecule has 5 fully saturated rings. The zero-order valence-corrected chi connectivity index (χ0v) is 36.7. The number of allylic oxidation sites excluding steroid dienone is 1. The highest BCUT2D eigenvalue weighted by molar-refractivity contribution is 5.69.